The van der Waals surface area contributed by atoms with Gasteiger partial charge in [-0.05, 0) is 57.2 Å². The van der Waals surface area contributed by atoms with Crippen LogP contribution in [0.5, 0.6) is 0 Å². The minimum Gasteiger partial charge on any atom is -0.480 e. The summed E-state index contributed by atoms with van der Waals surface area (Å²) in [6.45, 7) is 0.256. The van der Waals surface area contributed by atoms with E-state index in [0.29, 0.717) is 21.1 Å². The number of rotatable bonds is 3. The number of hydrogen-bond donors (Lipinski definition) is 1. The van der Waals surface area contributed by atoms with Gasteiger partial charge in [0.1, 0.15) is 10.3 Å². The summed E-state index contributed by atoms with van der Waals surface area (Å²) in [6, 6.07) is 0.538. The van der Waals surface area contributed by atoms with Gasteiger partial charge in [0, 0.05) is 11.0 Å². The number of carbonyl (C=O) groups is 1. The van der Waals surface area contributed by atoms with E-state index in [-0.39, 0.29) is 10.8 Å². The molecule has 1 aromatic heterocycles. The van der Waals surface area contributed by atoms with Crippen LogP contribution in [0.15, 0.2) is 18.5 Å². The Kier molecular flexibility index (Phi) is 4.71. The van der Waals surface area contributed by atoms with Crippen LogP contribution in [0.3, 0.4) is 0 Å². The van der Waals surface area contributed by atoms with Crippen molar-refractivity contribution in [1.29, 1.82) is 0 Å². The predicted octanol–water partition coefficient (Wildman–Crippen LogP) is 2.90. The highest BCUT2D eigenvalue weighted by Gasteiger charge is 2.38. The Bertz CT molecular complexity index is 579. The Morgan fingerprint density at radius 2 is 2.11 bits per heavy atom. The molecule has 1 fully saturated rings. The van der Waals surface area contributed by atoms with Crippen LogP contribution in [0.25, 0.3) is 0 Å². The van der Waals surface area contributed by atoms with Gasteiger partial charge in [0.15, 0.2) is 0 Å². The van der Waals surface area contributed by atoms with Gasteiger partial charge in [-0.15, -0.1) is 11.3 Å². The van der Waals surface area contributed by atoms with E-state index in [1.165, 1.54) is 6.07 Å². The summed E-state index contributed by atoms with van der Waals surface area (Å²) in [6.07, 6.45) is 1.79. The topological polar surface area (TPSA) is 74.7 Å². The van der Waals surface area contributed by atoms with Crippen LogP contribution in [-0.2, 0) is 14.8 Å². The Morgan fingerprint density at radius 3 is 2.63 bits per heavy atom. The number of carboxylic acids is 1. The fourth-order valence-corrected chi connectivity index (χ4v) is 6.61. The molecule has 106 valence electrons. The average molecular weight is 433 g/mol. The average Bonchev–Trinajstić information content (AvgIpc) is 2.70. The van der Waals surface area contributed by atoms with Crippen molar-refractivity contribution in [3.05, 3.63) is 14.3 Å². The van der Waals surface area contributed by atoms with Crippen molar-refractivity contribution in [2.75, 3.05) is 6.54 Å². The second-order valence-corrected chi connectivity index (χ2v) is 9.49. The maximum Gasteiger partial charge on any atom is 0.322 e. The molecule has 2 rings (SSSR count). The van der Waals surface area contributed by atoms with Crippen molar-refractivity contribution >= 4 is 59.2 Å². The summed E-state index contributed by atoms with van der Waals surface area (Å²) in [7, 11) is -3.75. The monoisotopic (exact) mass is 431 g/mol. The van der Waals surface area contributed by atoms with Crippen LogP contribution in [-0.4, -0.2) is 36.4 Å². The molecule has 9 heteroatoms. The van der Waals surface area contributed by atoms with Gasteiger partial charge in [-0.1, -0.05) is 0 Å². The van der Waals surface area contributed by atoms with E-state index < -0.39 is 22.0 Å². The highest BCUT2D eigenvalue weighted by Crippen LogP contribution is 2.37. The second kappa shape index (κ2) is 5.80. The smallest absolute Gasteiger partial charge is 0.322 e. The lowest BCUT2D eigenvalue weighted by Gasteiger charge is -2.31. The van der Waals surface area contributed by atoms with Crippen molar-refractivity contribution in [3.63, 3.8) is 0 Å². The van der Waals surface area contributed by atoms with Gasteiger partial charge in [0.05, 0.1) is 3.79 Å². The first-order valence-corrected chi connectivity index (χ1v) is 9.38. The van der Waals surface area contributed by atoms with Gasteiger partial charge in [0.2, 0.25) is 0 Å². The summed E-state index contributed by atoms with van der Waals surface area (Å²) in [4.78, 5) is 11.2. The molecule has 0 spiro atoms. The Balaban J connectivity index is 2.39. The molecule has 0 amide bonds. The molecule has 0 aromatic carbocycles. The number of sulfonamides is 1. The fraction of sp³-hybridized carbons (Fsp3) is 0.500. The van der Waals surface area contributed by atoms with Crippen LogP contribution in [0.2, 0.25) is 0 Å². The van der Waals surface area contributed by atoms with E-state index in [0.717, 1.165) is 22.1 Å². The number of halogens is 2. The lowest BCUT2D eigenvalue weighted by molar-refractivity contribution is -0.142. The van der Waals surface area contributed by atoms with Gasteiger partial charge >= 0.3 is 5.97 Å². The number of piperidine rings is 1. The van der Waals surface area contributed by atoms with Gasteiger partial charge in [-0.3, -0.25) is 4.79 Å². The highest BCUT2D eigenvalue weighted by molar-refractivity contribution is 9.13. The quantitative estimate of drug-likeness (QED) is 0.796. The number of thiophene rings is 1. The summed E-state index contributed by atoms with van der Waals surface area (Å²) < 4.78 is 27.6. The molecule has 1 atom stereocenters. The Morgan fingerprint density at radius 1 is 1.42 bits per heavy atom. The molecule has 0 aliphatic carbocycles. The Labute approximate surface area is 131 Å². The lowest BCUT2D eigenvalue weighted by Crippen LogP contribution is -2.47. The molecule has 5 nitrogen and oxygen atoms in total. The zero-order chi connectivity index (χ0) is 14.2. The maximum atomic E-state index is 12.5. The molecular formula is C10H11Br2NO4S2. The van der Waals surface area contributed by atoms with E-state index in [2.05, 4.69) is 31.9 Å². The van der Waals surface area contributed by atoms with Crippen molar-refractivity contribution in [1.82, 2.24) is 4.31 Å². The molecule has 19 heavy (non-hydrogen) atoms. The van der Waals surface area contributed by atoms with Gasteiger partial charge in [-0.25, -0.2) is 8.42 Å². The summed E-state index contributed by atoms with van der Waals surface area (Å²) >= 11 is 7.57. The molecule has 0 radical (unpaired) electrons. The van der Waals surface area contributed by atoms with Crippen molar-refractivity contribution < 1.29 is 18.3 Å². The third kappa shape index (κ3) is 3.05. The van der Waals surface area contributed by atoms with Crippen molar-refractivity contribution in [3.8, 4) is 0 Å². The van der Waals surface area contributed by atoms with E-state index in [1.807, 2.05) is 0 Å². The van der Waals surface area contributed by atoms with Crippen LogP contribution in [0, 0.1) is 0 Å². The lowest BCUT2D eigenvalue weighted by atomic mass is 10.1. The van der Waals surface area contributed by atoms with Crippen LogP contribution in [0.1, 0.15) is 19.3 Å². The van der Waals surface area contributed by atoms with Crippen molar-refractivity contribution in [2.24, 2.45) is 0 Å². The zero-order valence-electron chi connectivity index (χ0n) is 9.67. The van der Waals surface area contributed by atoms with Crippen LogP contribution in [0.4, 0.5) is 0 Å². The van der Waals surface area contributed by atoms with E-state index in [1.54, 1.807) is 0 Å². The molecule has 1 N–H and O–H groups in total. The molecular weight excluding hydrogens is 422 g/mol. The number of hydrogen-bond acceptors (Lipinski definition) is 4. The standard InChI is InChI=1S/C10H11Br2NO4S2/c11-6-5-8(18-9(6)12)19(16,17)13-4-2-1-3-7(13)10(14)15/h5,7H,1-4H2,(H,14,15). The first-order chi connectivity index (χ1) is 8.84. The summed E-state index contributed by atoms with van der Waals surface area (Å²) in [5, 5.41) is 9.16. The number of nitrogens with zero attached hydrogens (tertiary/aromatic N) is 1. The first kappa shape index (κ1) is 15.4. The molecule has 1 saturated heterocycles. The minimum absolute atomic E-state index is 0.152. The largest absolute Gasteiger partial charge is 0.480 e. The normalized spacial score (nSPS) is 21.5. The summed E-state index contributed by atoms with van der Waals surface area (Å²) in [5.41, 5.74) is 0. The maximum absolute atomic E-state index is 12.5. The SMILES string of the molecule is O=C(O)C1CCCCN1S(=O)(=O)c1cc(Br)c(Br)s1. The predicted molar refractivity (Wildman–Crippen MR) is 78.9 cm³/mol. The zero-order valence-corrected chi connectivity index (χ0v) is 14.5. The third-order valence-electron chi connectivity index (χ3n) is 2.92. The first-order valence-electron chi connectivity index (χ1n) is 5.53. The van der Waals surface area contributed by atoms with E-state index >= 15 is 0 Å². The van der Waals surface area contributed by atoms with E-state index in [9.17, 15) is 13.2 Å². The molecule has 1 unspecified atom stereocenters. The van der Waals surface area contributed by atoms with Crippen LogP contribution >= 0.6 is 43.2 Å². The summed E-state index contributed by atoms with van der Waals surface area (Å²) in [5.74, 6) is -1.09. The molecule has 1 aliphatic rings. The fourth-order valence-electron chi connectivity index (χ4n) is 2.01. The molecule has 1 aromatic rings. The third-order valence-corrected chi connectivity index (χ3v) is 8.54. The number of aliphatic carboxylic acids is 1. The van der Waals surface area contributed by atoms with Gasteiger partial charge in [-0.2, -0.15) is 4.31 Å². The van der Waals surface area contributed by atoms with E-state index in [4.69, 9.17) is 5.11 Å². The molecule has 0 bridgehead atoms. The number of carboxylic acid groups (broad SMARTS) is 1. The minimum atomic E-state index is -3.75. The molecule has 0 saturated carbocycles. The van der Waals surface area contributed by atoms with Crippen LogP contribution < -0.4 is 0 Å². The Hall–Kier alpha value is 0.0400. The second-order valence-electron chi connectivity index (χ2n) is 4.15. The highest BCUT2D eigenvalue weighted by atomic mass is 79.9. The van der Waals surface area contributed by atoms with Crippen molar-refractivity contribution in [2.45, 2.75) is 29.5 Å². The molecule has 1 aliphatic heterocycles. The van der Waals surface area contributed by atoms with Gasteiger partial charge in [0.25, 0.3) is 10.0 Å². The van der Waals surface area contributed by atoms with Gasteiger partial charge < -0.3 is 5.11 Å². The molecule has 2 heterocycles.